The van der Waals surface area contributed by atoms with Gasteiger partial charge in [-0.05, 0) is 29.9 Å². The molecular formula is C20H22N4OS. The van der Waals surface area contributed by atoms with E-state index in [1.165, 1.54) is 5.56 Å². The van der Waals surface area contributed by atoms with Crippen LogP contribution in [-0.2, 0) is 13.2 Å². The van der Waals surface area contributed by atoms with Crippen molar-refractivity contribution in [1.82, 2.24) is 19.6 Å². The first-order valence-electron chi connectivity index (χ1n) is 8.90. The molecule has 0 bridgehead atoms. The van der Waals surface area contributed by atoms with Crippen LogP contribution in [0.4, 0.5) is 0 Å². The predicted molar refractivity (Wildman–Crippen MR) is 104 cm³/mol. The van der Waals surface area contributed by atoms with Crippen LogP contribution in [0.5, 0.6) is 0 Å². The molecule has 0 spiro atoms. The van der Waals surface area contributed by atoms with Crippen LogP contribution in [-0.4, -0.2) is 45.8 Å². The van der Waals surface area contributed by atoms with E-state index in [4.69, 9.17) is 16.6 Å². The van der Waals surface area contributed by atoms with Crippen molar-refractivity contribution in [2.75, 3.05) is 26.2 Å². The van der Waals surface area contributed by atoms with E-state index in [0.717, 1.165) is 38.3 Å². The number of piperazine rings is 1. The summed E-state index contributed by atoms with van der Waals surface area (Å²) >= 11 is 5.35. The van der Waals surface area contributed by atoms with Crippen molar-refractivity contribution in [2.45, 2.75) is 13.2 Å². The van der Waals surface area contributed by atoms with Gasteiger partial charge >= 0.3 is 0 Å². The van der Waals surface area contributed by atoms with Crippen LogP contribution < -0.4 is 0 Å². The van der Waals surface area contributed by atoms with Gasteiger partial charge in [-0.25, -0.2) is 4.68 Å². The maximum atomic E-state index is 5.67. The summed E-state index contributed by atoms with van der Waals surface area (Å²) in [6, 6.07) is 20.5. The van der Waals surface area contributed by atoms with Crippen LogP contribution in [0.2, 0.25) is 0 Å². The standard InChI is InChI=1S/C20H22N4OS/c26-20-24(21-19(25-20)18-9-5-2-6-10-18)16-23-13-11-22(12-14-23)15-17-7-3-1-4-8-17/h1-10H,11-16H2. The molecule has 1 saturated heterocycles. The van der Waals surface area contributed by atoms with Gasteiger partial charge in [-0.3, -0.25) is 9.80 Å². The number of rotatable bonds is 5. The molecule has 0 aliphatic carbocycles. The highest BCUT2D eigenvalue weighted by Crippen LogP contribution is 2.17. The molecule has 5 nitrogen and oxygen atoms in total. The Labute approximate surface area is 158 Å². The SMILES string of the molecule is S=c1oc(-c2ccccc2)nn1CN1CCN(Cc2ccccc2)CC1. The summed E-state index contributed by atoms with van der Waals surface area (Å²) in [7, 11) is 0. The molecule has 4 rings (SSSR count). The molecule has 0 atom stereocenters. The van der Waals surface area contributed by atoms with Gasteiger partial charge in [-0.15, -0.1) is 5.10 Å². The highest BCUT2D eigenvalue weighted by molar-refractivity contribution is 7.71. The van der Waals surface area contributed by atoms with Crippen LogP contribution in [0.3, 0.4) is 0 Å². The maximum absolute atomic E-state index is 5.67. The normalized spacial score (nSPS) is 16.0. The van der Waals surface area contributed by atoms with Crippen molar-refractivity contribution in [3.8, 4) is 11.5 Å². The second-order valence-electron chi connectivity index (χ2n) is 6.56. The fourth-order valence-electron chi connectivity index (χ4n) is 3.21. The molecule has 26 heavy (non-hydrogen) atoms. The van der Waals surface area contributed by atoms with Gasteiger partial charge in [0.05, 0.1) is 6.67 Å². The van der Waals surface area contributed by atoms with Crippen LogP contribution in [0.15, 0.2) is 65.1 Å². The lowest BCUT2D eigenvalue weighted by molar-refractivity contribution is 0.0974. The Hall–Kier alpha value is -2.28. The Balaban J connectivity index is 1.35. The fourth-order valence-corrected chi connectivity index (χ4v) is 3.39. The van der Waals surface area contributed by atoms with Crippen molar-refractivity contribution < 1.29 is 4.42 Å². The fraction of sp³-hybridized carbons (Fsp3) is 0.300. The van der Waals surface area contributed by atoms with E-state index in [1.54, 1.807) is 4.68 Å². The number of nitrogens with zero attached hydrogens (tertiary/aromatic N) is 4. The van der Waals surface area contributed by atoms with Gasteiger partial charge in [0.25, 0.3) is 4.84 Å². The number of aromatic nitrogens is 2. The lowest BCUT2D eigenvalue weighted by Crippen LogP contribution is -2.46. The van der Waals surface area contributed by atoms with Crippen LogP contribution in [0.25, 0.3) is 11.5 Å². The van der Waals surface area contributed by atoms with Crippen LogP contribution in [0, 0.1) is 4.84 Å². The van der Waals surface area contributed by atoms with Crippen molar-refractivity contribution in [2.24, 2.45) is 0 Å². The summed E-state index contributed by atoms with van der Waals surface area (Å²) in [6.45, 7) is 5.78. The molecule has 1 aliphatic rings. The minimum absolute atomic E-state index is 0.426. The minimum atomic E-state index is 0.426. The zero-order chi connectivity index (χ0) is 17.8. The lowest BCUT2D eigenvalue weighted by Gasteiger charge is -2.34. The first-order chi connectivity index (χ1) is 12.8. The molecule has 0 radical (unpaired) electrons. The van der Waals surface area contributed by atoms with Crippen molar-refractivity contribution in [1.29, 1.82) is 0 Å². The highest BCUT2D eigenvalue weighted by Gasteiger charge is 2.18. The summed E-state index contributed by atoms with van der Waals surface area (Å²) in [4.78, 5) is 5.29. The molecule has 0 N–H and O–H groups in total. The second-order valence-corrected chi connectivity index (χ2v) is 6.91. The van der Waals surface area contributed by atoms with Gasteiger partial charge in [-0.1, -0.05) is 48.5 Å². The Bertz CT molecular complexity index is 883. The van der Waals surface area contributed by atoms with Crippen molar-refractivity contribution >= 4 is 12.2 Å². The van der Waals surface area contributed by atoms with Crippen LogP contribution >= 0.6 is 12.2 Å². The molecule has 134 valence electrons. The van der Waals surface area contributed by atoms with E-state index in [1.807, 2.05) is 30.3 Å². The topological polar surface area (TPSA) is 37.4 Å². The first kappa shape index (κ1) is 17.1. The molecule has 1 aromatic heterocycles. The van der Waals surface area contributed by atoms with Crippen molar-refractivity contribution in [3.63, 3.8) is 0 Å². The third-order valence-corrected chi connectivity index (χ3v) is 4.97. The zero-order valence-corrected chi connectivity index (χ0v) is 15.4. The molecule has 1 aliphatic heterocycles. The van der Waals surface area contributed by atoms with Crippen LogP contribution in [0.1, 0.15) is 5.56 Å². The van der Waals surface area contributed by atoms with E-state index in [0.29, 0.717) is 17.4 Å². The Morgan fingerprint density at radius 3 is 2.15 bits per heavy atom. The molecule has 6 heteroatoms. The second kappa shape index (κ2) is 7.95. The third kappa shape index (κ3) is 4.09. The largest absolute Gasteiger partial charge is 0.409 e. The molecule has 3 aromatic rings. The molecular weight excluding hydrogens is 344 g/mol. The minimum Gasteiger partial charge on any atom is -0.409 e. The Morgan fingerprint density at radius 2 is 1.46 bits per heavy atom. The Morgan fingerprint density at radius 1 is 0.846 bits per heavy atom. The zero-order valence-electron chi connectivity index (χ0n) is 14.6. The molecule has 1 fully saturated rings. The molecule has 0 unspecified atom stereocenters. The van der Waals surface area contributed by atoms with Gasteiger partial charge in [0.2, 0.25) is 5.89 Å². The molecule has 2 heterocycles. The monoisotopic (exact) mass is 366 g/mol. The highest BCUT2D eigenvalue weighted by atomic mass is 32.1. The predicted octanol–water partition coefficient (Wildman–Crippen LogP) is 3.65. The third-order valence-electron chi connectivity index (χ3n) is 4.67. The smallest absolute Gasteiger partial charge is 0.288 e. The average molecular weight is 366 g/mol. The summed E-state index contributed by atoms with van der Waals surface area (Å²) in [5.41, 5.74) is 2.32. The van der Waals surface area contributed by atoms with Crippen molar-refractivity contribution in [3.05, 3.63) is 71.1 Å². The van der Waals surface area contributed by atoms with Gasteiger partial charge in [0.1, 0.15) is 0 Å². The maximum Gasteiger partial charge on any atom is 0.288 e. The summed E-state index contributed by atoms with van der Waals surface area (Å²) in [5.74, 6) is 0.582. The van der Waals surface area contributed by atoms with E-state index < -0.39 is 0 Å². The summed E-state index contributed by atoms with van der Waals surface area (Å²) in [5, 5.41) is 4.55. The molecule has 0 saturated carbocycles. The number of hydrogen-bond acceptors (Lipinski definition) is 5. The Kier molecular flexibility index (Phi) is 5.24. The van der Waals surface area contributed by atoms with Gasteiger partial charge in [0, 0.05) is 38.3 Å². The lowest BCUT2D eigenvalue weighted by atomic mass is 10.2. The summed E-state index contributed by atoms with van der Waals surface area (Å²) in [6.07, 6.45) is 0. The number of benzene rings is 2. The van der Waals surface area contributed by atoms with Gasteiger partial charge in [0.15, 0.2) is 0 Å². The molecule has 0 amide bonds. The van der Waals surface area contributed by atoms with E-state index >= 15 is 0 Å². The van der Waals surface area contributed by atoms with Gasteiger partial charge < -0.3 is 4.42 Å². The van der Waals surface area contributed by atoms with E-state index in [9.17, 15) is 0 Å². The number of hydrogen-bond donors (Lipinski definition) is 0. The quantitative estimate of drug-likeness (QED) is 0.645. The van der Waals surface area contributed by atoms with E-state index in [2.05, 4.69) is 45.2 Å². The summed E-state index contributed by atoms with van der Waals surface area (Å²) < 4.78 is 7.45. The first-order valence-corrected chi connectivity index (χ1v) is 9.31. The van der Waals surface area contributed by atoms with Gasteiger partial charge in [-0.2, -0.15) is 0 Å². The molecule has 2 aromatic carbocycles. The van der Waals surface area contributed by atoms with E-state index in [-0.39, 0.29) is 0 Å². The average Bonchev–Trinajstić information content (AvgIpc) is 3.05.